The van der Waals surface area contributed by atoms with Gasteiger partial charge in [0.15, 0.2) is 11.5 Å². The molecular weight excluding hydrogens is 258 g/mol. The number of nitrogens with zero attached hydrogens (tertiary/aromatic N) is 1. The zero-order valence-electron chi connectivity index (χ0n) is 10.2. The molecule has 1 aliphatic rings. The third kappa shape index (κ3) is 2.68. The summed E-state index contributed by atoms with van der Waals surface area (Å²) in [5.74, 6) is 0.959. The number of benzene rings is 1. The van der Waals surface area contributed by atoms with E-state index >= 15 is 0 Å². The Balaban J connectivity index is 2.19. The average Bonchev–Trinajstić information content (AvgIpc) is 2.37. The number of fused-ring (bicyclic) bond motifs is 1. The first-order chi connectivity index (χ1) is 8.61. The highest BCUT2D eigenvalue weighted by Gasteiger charge is 2.18. The van der Waals surface area contributed by atoms with E-state index in [2.05, 4.69) is 0 Å². The van der Waals surface area contributed by atoms with Crippen LogP contribution in [0.2, 0.25) is 5.02 Å². The van der Waals surface area contributed by atoms with Crippen molar-refractivity contribution in [3.8, 4) is 11.5 Å². The molecule has 0 aromatic heterocycles. The number of ether oxygens (including phenoxy) is 2. The lowest BCUT2D eigenvalue weighted by atomic mass is 10.1. The van der Waals surface area contributed by atoms with Crippen LogP contribution in [-0.4, -0.2) is 38.3 Å². The Hall–Kier alpha value is -1.46. The van der Waals surface area contributed by atoms with Crippen LogP contribution in [0.4, 0.5) is 0 Å². The van der Waals surface area contributed by atoms with Crippen molar-refractivity contribution >= 4 is 17.5 Å². The first-order valence-corrected chi connectivity index (χ1v) is 5.88. The van der Waals surface area contributed by atoms with E-state index in [1.54, 1.807) is 19.2 Å². The fourth-order valence-corrected chi connectivity index (χ4v) is 1.94. The normalized spacial score (nSPS) is 13.3. The van der Waals surface area contributed by atoms with Crippen LogP contribution < -0.4 is 9.47 Å². The second-order valence-corrected chi connectivity index (χ2v) is 4.26. The molecule has 1 aliphatic heterocycles. The fourth-order valence-electron chi connectivity index (χ4n) is 1.65. The van der Waals surface area contributed by atoms with Gasteiger partial charge in [0.25, 0.3) is 0 Å². The molecule has 0 aliphatic carbocycles. The number of halogens is 1. The molecule has 18 heavy (non-hydrogen) atoms. The molecule has 0 saturated heterocycles. The number of likely N-dealkylation sites (N-methyl/N-ethyl adjacent to an activating group) is 1. The van der Waals surface area contributed by atoms with Gasteiger partial charge in [-0.2, -0.15) is 0 Å². The van der Waals surface area contributed by atoms with Gasteiger partial charge < -0.3 is 9.47 Å². The van der Waals surface area contributed by atoms with Gasteiger partial charge in [-0.15, -0.1) is 0 Å². The molecule has 1 amide bonds. The zero-order valence-corrected chi connectivity index (χ0v) is 11.0. The van der Waals surface area contributed by atoms with E-state index in [1.165, 1.54) is 12.2 Å². The van der Waals surface area contributed by atoms with Crippen LogP contribution in [-0.2, 0) is 16.1 Å². The quantitative estimate of drug-likeness (QED) is 0.785. The number of carbonyl (C=O) groups excluding carboxylic acids is 1. The summed E-state index contributed by atoms with van der Waals surface area (Å²) in [6.07, 6.45) is 0.195. The van der Waals surface area contributed by atoms with Gasteiger partial charge in [0.1, 0.15) is 13.2 Å². The molecule has 0 atom stereocenters. The molecule has 0 N–H and O–H groups in total. The summed E-state index contributed by atoms with van der Waals surface area (Å²) < 4.78 is 10.9. The maximum absolute atomic E-state index is 11.7. The number of hydroxylamine groups is 2. The first kappa shape index (κ1) is 13.0. The van der Waals surface area contributed by atoms with Crippen LogP contribution in [0.25, 0.3) is 0 Å². The van der Waals surface area contributed by atoms with E-state index in [9.17, 15) is 4.79 Å². The molecule has 1 heterocycles. The fraction of sp³-hybridized carbons (Fsp3) is 0.417. The van der Waals surface area contributed by atoms with Gasteiger partial charge in [-0.3, -0.25) is 9.63 Å². The van der Waals surface area contributed by atoms with Crippen molar-refractivity contribution in [2.24, 2.45) is 0 Å². The highest BCUT2D eigenvalue weighted by atomic mass is 35.5. The molecule has 1 aromatic carbocycles. The second kappa shape index (κ2) is 5.46. The molecule has 1 aromatic rings. The number of carbonyl (C=O) groups is 1. The standard InChI is InChI=1S/C12H14ClNO4/c1-14(16-2)11(15)7-8-5-9(13)12-10(6-8)17-3-4-18-12/h5-6H,3-4,7H2,1-2H3. The summed E-state index contributed by atoms with van der Waals surface area (Å²) >= 11 is 6.08. The van der Waals surface area contributed by atoms with Crippen LogP contribution in [0.1, 0.15) is 5.56 Å². The first-order valence-electron chi connectivity index (χ1n) is 5.50. The van der Waals surface area contributed by atoms with Gasteiger partial charge in [0, 0.05) is 7.05 Å². The molecular formula is C12H14ClNO4. The van der Waals surface area contributed by atoms with E-state index in [4.69, 9.17) is 25.9 Å². The predicted molar refractivity (Wildman–Crippen MR) is 65.9 cm³/mol. The smallest absolute Gasteiger partial charge is 0.250 e. The van der Waals surface area contributed by atoms with Gasteiger partial charge in [-0.1, -0.05) is 11.6 Å². The van der Waals surface area contributed by atoms with Gasteiger partial charge in [-0.05, 0) is 17.7 Å². The Bertz CT molecular complexity index is 464. The highest BCUT2D eigenvalue weighted by molar-refractivity contribution is 6.32. The number of hydrogen-bond acceptors (Lipinski definition) is 4. The number of hydrogen-bond donors (Lipinski definition) is 0. The summed E-state index contributed by atoms with van der Waals surface area (Å²) in [7, 11) is 3.00. The molecule has 0 saturated carbocycles. The lowest BCUT2D eigenvalue weighted by molar-refractivity contribution is -0.167. The van der Waals surface area contributed by atoms with Crippen LogP contribution in [0, 0.1) is 0 Å². The van der Waals surface area contributed by atoms with Crippen LogP contribution in [0.3, 0.4) is 0 Å². The topological polar surface area (TPSA) is 48.0 Å². The van der Waals surface area contributed by atoms with Crippen molar-refractivity contribution in [3.63, 3.8) is 0 Å². The molecule has 98 valence electrons. The molecule has 0 fully saturated rings. The Labute approximate surface area is 110 Å². The van der Waals surface area contributed by atoms with E-state index < -0.39 is 0 Å². The van der Waals surface area contributed by atoms with E-state index in [0.717, 1.165) is 5.56 Å². The molecule has 5 nitrogen and oxygen atoms in total. The van der Waals surface area contributed by atoms with Gasteiger partial charge in [0.2, 0.25) is 5.91 Å². The van der Waals surface area contributed by atoms with Crippen LogP contribution in [0.5, 0.6) is 11.5 Å². The minimum Gasteiger partial charge on any atom is -0.486 e. The van der Waals surface area contributed by atoms with E-state index in [-0.39, 0.29) is 12.3 Å². The lowest BCUT2D eigenvalue weighted by Crippen LogP contribution is -2.27. The Morgan fingerprint density at radius 2 is 2.17 bits per heavy atom. The second-order valence-electron chi connectivity index (χ2n) is 3.85. The third-order valence-corrected chi connectivity index (χ3v) is 2.92. The molecule has 0 unspecified atom stereocenters. The summed E-state index contributed by atoms with van der Waals surface area (Å²) in [6, 6.07) is 3.47. The van der Waals surface area contributed by atoms with Gasteiger partial charge in [0.05, 0.1) is 18.6 Å². The summed E-state index contributed by atoms with van der Waals surface area (Å²) in [5.41, 5.74) is 0.762. The predicted octanol–water partition coefficient (Wildman–Crippen LogP) is 1.67. The number of rotatable bonds is 3. The van der Waals surface area contributed by atoms with Crippen LogP contribution in [0.15, 0.2) is 12.1 Å². The summed E-state index contributed by atoms with van der Waals surface area (Å²) in [4.78, 5) is 16.5. The Kier molecular flexibility index (Phi) is 3.93. The van der Waals surface area contributed by atoms with Crippen molar-refractivity contribution in [2.75, 3.05) is 27.4 Å². The maximum Gasteiger partial charge on any atom is 0.250 e. The van der Waals surface area contributed by atoms with Gasteiger partial charge >= 0.3 is 0 Å². The SMILES string of the molecule is CON(C)C(=O)Cc1cc(Cl)c2c(c1)OCCO2. The van der Waals surface area contributed by atoms with E-state index in [0.29, 0.717) is 29.7 Å². The molecule has 0 bridgehead atoms. The monoisotopic (exact) mass is 271 g/mol. The van der Waals surface area contributed by atoms with Crippen molar-refractivity contribution in [3.05, 3.63) is 22.7 Å². The lowest BCUT2D eigenvalue weighted by Gasteiger charge is -2.20. The third-order valence-electron chi connectivity index (χ3n) is 2.64. The molecule has 6 heteroatoms. The number of amides is 1. The summed E-state index contributed by atoms with van der Waals surface area (Å²) in [5, 5.41) is 1.63. The highest BCUT2D eigenvalue weighted by Crippen LogP contribution is 2.38. The van der Waals surface area contributed by atoms with Gasteiger partial charge in [-0.25, -0.2) is 5.06 Å². The molecule has 2 rings (SSSR count). The zero-order chi connectivity index (χ0) is 13.1. The van der Waals surface area contributed by atoms with Crippen molar-refractivity contribution < 1.29 is 19.1 Å². The minimum absolute atomic E-state index is 0.162. The minimum atomic E-state index is -0.162. The van der Waals surface area contributed by atoms with Crippen molar-refractivity contribution in [1.29, 1.82) is 0 Å². The van der Waals surface area contributed by atoms with Crippen molar-refractivity contribution in [2.45, 2.75) is 6.42 Å². The summed E-state index contributed by atoms with van der Waals surface area (Å²) in [6.45, 7) is 0.968. The Morgan fingerprint density at radius 1 is 1.44 bits per heavy atom. The largest absolute Gasteiger partial charge is 0.486 e. The molecule has 0 radical (unpaired) electrons. The maximum atomic E-state index is 11.7. The average molecular weight is 272 g/mol. The van der Waals surface area contributed by atoms with Crippen LogP contribution >= 0.6 is 11.6 Å². The molecule has 0 spiro atoms. The van der Waals surface area contributed by atoms with E-state index in [1.807, 2.05) is 0 Å². The van der Waals surface area contributed by atoms with Crippen molar-refractivity contribution in [1.82, 2.24) is 5.06 Å². The Morgan fingerprint density at radius 3 is 2.89 bits per heavy atom.